The van der Waals surface area contributed by atoms with E-state index in [1.165, 1.54) is 4.31 Å². The van der Waals surface area contributed by atoms with Gasteiger partial charge >= 0.3 is 0 Å². The zero-order valence-electron chi connectivity index (χ0n) is 16.2. The predicted octanol–water partition coefficient (Wildman–Crippen LogP) is 3.02. The summed E-state index contributed by atoms with van der Waals surface area (Å²) in [5.74, 6) is -0.227. The molecule has 1 aliphatic heterocycles. The second kappa shape index (κ2) is 8.59. The highest BCUT2D eigenvalue weighted by Crippen LogP contribution is 2.21. The summed E-state index contributed by atoms with van der Waals surface area (Å²) in [4.78, 5) is 14.5. The predicted molar refractivity (Wildman–Crippen MR) is 116 cm³/mol. The molecule has 1 aromatic heterocycles. The minimum Gasteiger partial charge on any atom is -0.335 e. The first-order chi connectivity index (χ1) is 14.4. The fraction of sp³-hybridized carbons (Fsp3) is 0.238. The van der Waals surface area contributed by atoms with E-state index in [0.717, 1.165) is 11.1 Å². The monoisotopic (exact) mass is 444 g/mol. The number of nitrogens with zero attached hydrogens (tertiary/aromatic N) is 3. The van der Waals surface area contributed by atoms with Crippen LogP contribution in [0.3, 0.4) is 0 Å². The van der Waals surface area contributed by atoms with Crippen molar-refractivity contribution in [3.05, 3.63) is 76.9 Å². The van der Waals surface area contributed by atoms with Crippen molar-refractivity contribution >= 4 is 27.5 Å². The van der Waals surface area contributed by atoms with Gasteiger partial charge in [-0.2, -0.15) is 9.40 Å². The summed E-state index contributed by atoms with van der Waals surface area (Å²) in [6.45, 7) is 1.22. The van der Waals surface area contributed by atoms with E-state index in [1.54, 1.807) is 35.2 Å². The van der Waals surface area contributed by atoms with Crippen LogP contribution in [0.5, 0.6) is 0 Å². The molecule has 1 amide bonds. The van der Waals surface area contributed by atoms with E-state index in [-0.39, 0.29) is 24.7 Å². The van der Waals surface area contributed by atoms with Crippen LogP contribution in [-0.4, -0.2) is 59.9 Å². The van der Waals surface area contributed by atoms with Crippen LogP contribution < -0.4 is 0 Å². The number of carbonyl (C=O) groups is 1. The van der Waals surface area contributed by atoms with Gasteiger partial charge in [-0.15, -0.1) is 0 Å². The molecule has 0 atom stereocenters. The molecule has 2 aromatic carbocycles. The molecule has 1 saturated heterocycles. The largest absolute Gasteiger partial charge is 0.335 e. The standard InChI is InChI=1S/C21H21ClN4O3S/c22-18-8-6-17(7-9-18)19-14-20(24-23-19)21(27)25-10-12-26(13-11-25)30(28,29)15-16-4-2-1-3-5-16/h1-9,14H,10-13,15H2,(H,23,24). The van der Waals surface area contributed by atoms with Crippen molar-refractivity contribution in [1.82, 2.24) is 19.4 Å². The van der Waals surface area contributed by atoms with Gasteiger partial charge in [0, 0.05) is 36.8 Å². The Morgan fingerprint density at radius 3 is 2.33 bits per heavy atom. The van der Waals surface area contributed by atoms with Crippen LogP contribution in [0.25, 0.3) is 11.3 Å². The third-order valence-electron chi connectivity index (χ3n) is 5.06. The van der Waals surface area contributed by atoms with Gasteiger partial charge in [0.05, 0.1) is 11.4 Å². The topological polar surface area (TPSA) is 86.4 Å². The van der Waals surface area contributed by atoms with Crippen molar-refractivity contribution < 1.29 is 13.2 Å². The van der Waals surface area contributed by atoms with Crippen LogP contribution in [0, 0.1) is 0 Å². The summed E-state index contributed by atoms with van der Waals surface area (Å²) in [5.41, 5.74) is 2.63. The SMILES string of the molecule is O=C(c1cc(-c2ccc(Cl)cc2)n[nH]1)N1CCN(S(=O)(=O)Cc2ccccc2)CC1. The zero-order chi connectivity index (χ0) is 21.1. The maximum Gasteiger partial charge on any atom is 0.271 e. The molecule has 1 fully saturated rings. The molecule has 1 N–H and O–H groups in total. The van der Waals surface area contributed by atoms with Gasteiger partial charge in [0.2, 0.25) is 10.0 Å². The number of hydrogen-bond acceptors (Lipinski definition) is 4. The van der Waals surface area contributed by atoms with Crippen LogP contribution in [0.1, 0.15) is 16.1 Å². The first-order valence-electron chi connectivity index (χ1n) is 9.55. The number of aromatic amines is 1. The molecular weight excluding hydrogens is 424 g/mol. The fourth-order valence-electron chi connectivity index (χ4n) is 3.42. The van der Waals surface area contributed by atoms with Gasteiger partial charge in [0.25, 0.3) is 5.91 Å². The Balaban J connectivity index is 1.38. The van der Waals surface area contributed by atoms with Gasteiger partial charge < -0.3 is 4.90 Å². The third kappa shape index (κ3) is 4.56. The van der Waals surface area contributed by atoms with Crippen LogP contribution in [-0.2, 0) is 15.8 Å². The lowest BCUT2D eigenvalue weighted by atomic mass is 10.1. The first kappa shape index (κ1) is 20.6. The molecule has 156 valence electrons. The molecule has 9 heteroatoms. The molecule has 0 spiro atoms. The van der Waals surface area contributed by atoms with Gasteiger partial charge in [0.1, 0.15) is 5.69 Å². The number of amides is 1. The second-order valence-corrected chi connectivity index (χ2v) is 9.51. The minimum atomic E-state index is -3.42. The van der Waals surface area contributed by atoms with Gasteiger partial charge in [-0.05, 0) is 23.8 Å². The van der Waals surface area contributed by atoms with Crippen molar-refractivity contribution in [3.8, 4) is 11.3 Å². The van der Waals surface area contributed by atoms with Gasteiger partial charge in [-0.3, -0.25) is 9.89 Å². The van der Waals surface area contributed by atoms with E-state index >= 15 is 0 Å². The van der Waals surface area contributed by atoms with Gasteiger partial charge in [-0.25, -0.2) is 8.42 Å². The maximum atomic E-state index is 12.8. The number of carbonyl (C=O) groups excluding carboxylic acids is 1. The number of aromatic nitrogens is 2. The van der Waals surface area contributed by atoms with Crippen molar-refractivity contribution in [2.24, 2.45) is 0 Å². The average molecular weight is 445 g/mol. The average Bonchev–Trinajstić information content (AvgIpc) is 3.24. The highest BCUT2D eigenvalue weighted by Gasteiger charge is 2.30. The highest BCUT2D eigenvalue weighted by molar-refractivity contribution is 7.88. The van der Waals surface area contributed by atoms with Crippen LogP contribution in [0.15, 0.2) is 60.7 Å². The van der Waals surface area contributed by atoms with E-state index in [0.29, 0.717) is 29.5 Å². The molecule has 0 bridgehead atoms. The van der Waals surface area contributed by atoms with Crippen LogP contribution in [0.2, 0.25) is 5.02 Å². The van der Waals surface area contributed by atoms with E-state index in [2.05, 4.69) is 10.2 Å². The maximum absolute atomic E-state index is 12.8. The number of hydrogen-bond donors (Lipinski definition) is 1. The quantitative estimate of drug-likeness (QED) is 0.655. The minimum absolute atomic E-state index is 0.0349. The Hall–Kier alpha value is -2.68. The number of sulfonamides is 1. The first-order valence-corrected chi connectivity index (χ1v) is 11.5. The number of halogens is 1. The molecule has 0 saturated carbocycles. The third-order valence-corrected chi connectivity index (χ3v) is 7.16. The normalized spacial score (nSPS) is 15.3. The molecule has 30 heavy (non-hydrogen) atoms. The van der Waals surface area contributed by atoms with Crippen molar-refractivity contribution in [2.45, 2.75) is 5.75 Å². The Bertz CT molecular complexity index is 1120. The molecule has 7 nitrogen and oxygen atoms in total. The summed E-state index contributed by atoms with van der Waals surface area (Å²) in [6, 6.07) is 18.0. The van der Waals surface area contributed by atoms with E-state index in [9.17, 15) is 13.2 Å². The highest BCUT2D eigenvalue weighted by atomic mass is 35.5. The van der Waals surface area contributed by atoms with Gasteiger partial charge in [0.15, 0.2) is 0 Å². The molecule has 0 unspecified atom stereocenters. The molecule has 1 aliphatic rings. The summed E-state index contributed by atoms with van der Waals surface area (Å²) in [6.07, 6.45) is 0. The molecule has 0 radical (unpaired) electrons. The number of nitrogens with one attached hydrogen (secondary N) is 1. The lowest BCUT2D eigenvalue weighted by Crippen LogP contribution is -2.50. The van der Waals surface area contributed by atoms with Gasteiger partial charge in [-0.1, -0.05) is 54.1 Å². The Morgan fingerprint density at radius 2 is 1.67 bits per heavy atom. The summed E-state index contributed by atoms with van der Waals surface area (Å²) in [7, 11) is -3.42. The Kier molecular flexibility index (Phi) is 5.90. The second-order valence-electron chi connectivity index (χ2n) is 7.11. The smallest absolute Gasteiger partial charge is 0.271 e. The van der Waals surface area contributed by atoms with Crippen molar-refractivity contribution in [3.63, 3.8) is 0 Å². The summed E-state index contributed by atoms with van der Waals surface area (Å²) in [5, 5.41) is 7.63. The fourth-order valence-corrected chi connectivity index (χ4v) is 5.06. The lowest BCUT2D eigenvalue weighted by Gasteiger charge is -2.33. The van der Waals surface area contributed by atoms with E-state index in [4.69, 9.17) is 11.6 Å². The molecule has 3 aromatic rings. The molecule has 2 heterocycles. The summed E-state index contributed by atoms with van der Waals surface area (Å²) >= 11 is 5.91. The Labute approximate surface area is 180 Å². The van der Waals surface area contributed by atoms with E-state index < -0.39 is 10.0 Å². The van der Waals surface area contributed by atoms with Crippen molar-refractivity contribution in [2.75, 3.05) is 26.2 Å². The number of rotatable bonds is 5. The Morgan fingerprint density at radius 1 is 1.00 bits per heavy atom. The number of H-pyrrole nitrogens is 1. The molecular formula is C21H21ClN4O3S. The van der Waals surface area contributed by atoms with Crippen molar-refractivity contribution in [1.29, 1.82) is 0 Å². The number of benzene rings is 2. The van der Waals surface area contributed by atoms with Crippen LogP contribution in [0.4, 0.5) is 0 Å². The zero-order valence-corrected chi connectivity index (χ0v) is 17.7. The molecule has 0 aliphatic carbocycles. The van der Waals surface area contributed by atoms with E-state index in [1.807, 2.05) is 30.3 Å². The molecule has 4 rings (SSSR count). The summed E-state index contributed by atoms with van der Waals surface area (Å²) < 4.78 is 26.8. The van der Waals surface area contributed by atoms with Crippen LogP contribution >= 0.6 is 11.6 Å². The number of piperazine rings is 1. The lowest BCUT2D eigenvalue weighted by molar-refractivity contribution is 0.0692.